The summed E-state index contributed by atoms with van der Waals surface area (Å²) in [5.74, 6) is 0. The van der Waals surface area contributed by atoms with Gasteiger partial charge in [-0.15, -0.1) is 11.3 Å². The van der Waals surface area contributed by atoms with Gasteiger partial charge in [-0.2, -0.15) is 4.98 Å². The summed E-state index contributed by atoms with van der Waals surface area (Å²) in [5, 5.41) is 5.29. The predicted molar refractivity (Wildman–Crippen MR) is 67.1 cm³/mol. The zero-order valence-corrected chi connectivity index (χ0v) is 10.8. The van der Waals surface area contributed by atoms with Crippen LogP contribution in [0.5, 0.6) is 6.08 Å². The number of oxazole rings is 1. The Balaban J connectivity index is 1.81. The number of aromatic nitrogens is 1. The van der Waals surface area contributed by atoms with Crippen molar-refractivity contribution in [2.45, 2.75) is 33.0 Å². The highest BCUT2D eigenvalue weighted by Crippen LogP contribution is 2.15. The molecule has 1 N–H and O–H groups in total. The fraction of sp³-hybridized carbons (Fsp3) is 0.417. The van der Waals surface area contributed by atoms with Gasteiger partial charge in [-0.05, 0) is 11.4 Å². The molecule has 0 aliphatic carbocycles. The Labute approximate surface area is 105 Å². The lowest BCUT2D eigenvalue weighted by atomic mass is 10.4. The van der Waals surface area contributed by atoms with E-state index >= 15 is 0 Å². The molecule has 2 rings (SSSR count). The molecule has 0 spiro atoms. The van der Waals surface area contributed by atoms with Crippen molar-refractivity contribution in [1.29, 1.82) is 0 Å². The molecule has 0 aromatic carbocycles. The van der Waals surface area contributed by atoms with E-state index in [1.54, 1.807) is 17.6 Å². The maximum Gasteiger partial charge on any atom is 0.394 e. The van der Waals surface area contributed by atoms with Gasteiger partial charge in [-0.1, -0.05) is 19.9 Å². The van der Waals surface area contributed by atoms with Crippen LogP contribution in [-0.4, -0.2) is 11.0 Å². The van der Waals surface area contributed by atoms with Gasteiger partial charge in [0.05, 0.1) is 5.69 Å². The van der Waals surface area contributed by atoms with Crippen LogP contribution in [0.15, 0.2) is 28.2 Å². The van der Waals surface area contributed by atoms with Crippen LogP contribution < -0.4 is 10.1 Å². The lowest BCUT2D eigenvalue weighted by molar-refractivity contribution is 0.222. The first-order valence-corrected chi connectivity index (χ1v) is 6.45. The fourth-order valence-corrected chi connectivity index (χ4v) is 1.89. The van der Waals surface area contributed by atoms with Crippen LogP contribution in [0.2, 0.25) is 0 Å². The molecule has 2 heterocycles. The van der Waals surface area contributed by atoms with Gasteiger partial charge in [0, 0.05) is 17.5 Å². The molecular weight excluding hydrogens is 236 g/mol. The topological polar surface area (TPSA) is 47.3 Å². The molecule has 0 saturated carbocycles. The van der Waals surface area contributed by atoms with Crippen molar-refractivity contribution in [3.63, 3.8) is 0 Å². The van der Waals surface area contributed by atoms with E-state index in [4.69, 9.17) is 9.15 Å². The van der Waals surface area contributed by atoms with Crippen molar-refractivity contribution in [2.75, 3.05) is 0 Å². The molecule has 0 aliphatic heterocycles. The average Bonchev–Trinajstić information content (AvgIpc) is 2.95. The van der Waals surface area contributed by atoms with Crippen LogP contribution in [-0.2, 0) is 13.2 Å². The van der Waals surface area contributed by atoms with E-state index in [0.29, 0.717) is 25.3 Å². The minimum Gasteiger partial charge on any atom is -0.444 e. The molecule has 0 atom stereocenters. The first-order valence-electron chi connectivity index (χ1n) is 5.57. The van der Waals surface area contributed by atoms with Gasteiger partial charge in [0.1, 0.15) is 12.9 Å². The number of hydrogen-bond acceptors (Lipinski definition) is 5. The van der Waals surface area contributed by atoms with Gasteiger partial charge < -0.3 is 14.5 Å². The van der Waals surface area contributed by atoms with Gasteiger partial charge in [0.15, 0.2) is 0 Å². The minimum atomic E-state index is 0.332. The van der Waals surface area contributed by atoms with Crippen LogP contribution in [0, 0.1) is 0 Å². The van der Waals surface area contributed by atoms with Crippen LogP contribution in [0.3, 0.4) is 0 Å². The molecule has 0 radical (unpaired) electrons. The maximum atomic E-state index is 5.44. The van der Waals surface area contributed by atoms with Gasteiger partial charge in [-0.25, -0.2) is 0 Å². The summed E-state index contributed by atoms with van der Waals surface area (Å²) in [6, 6.07) is 4.45. The second-order valence-electron chi connectivity index (χ2n) is 4.01. The van der Waals surface area contributed by atoms with Crippen molar-refractivity contribution in [3.8, 4) is 6.08 Å². The quantitative estimate of drug-likeness (QED) is 0.858. The fourth-order valence-electron chi connectivity index (χ4n) is 1.27. The Morgan fingerprint density at radius 1 is 1.53 bits per heavy atom. The third-order valence-corrected chi connectivity index (χ3v) is 2.99. The van der Waals surface area contributed by atoms with Gasteiger partial charge in [-0.3, -0.25) is 0 Å². The molecular formula is C12H16N2O2S. The third-order valence-electron chi connectivity index (χ3n) is 2.14. The summed E-state index contributed by atoms with van der Waals surface area (Å²) in [6.07, 6.45) is 1.96. The molecule has 17 heavy (non-hydrogen) atoms. The normalized spacial score (nSPS) is 11.0. The first-order chi connectivity index (χ1) is 8.24. The molecule has 0 saturated heterocycles. The highest BCUT2D eigenvalue weighted by molar-refractivity contribution is 7.09. The number of rotatable bonds is 6. The summed E-state index contributed by atoms with van der Waals surface area (Å²) in [7, 11) is 0. The molecule has 0 aliphatic rings. The number of thiophene rings is 1. The molecule has 92 valence electrons. The largest absolute Gasteiger partial charge is 0.444 e. The van der Waals surface area contributed by atoms with Crippen molar-refractivity contribution in [1.82, 2.24) is 10.3 Å². The van der Waals surface area contributed by atoms with Crippen molar-refractivity contribution >= 4 is 11.3 Å². The predicted octanol–water partition coefficient (Wildman–Crippen LogP) is 2.81. The lowest BCUT2D eigenvalue weighted by Gasteiger charge is -2.03. The highest BCUT2D eigenvalue weighted by atomic mass is 32.1. The average molecular weight is 252 g/mol. The minimum absolute atomic E-state index is 0.332. The van der Waals surface area contributed by atoms with Crippen molar-refractivity contribution in [3.05, 3.63) is 34.3 Å². The SMILES string of the molecule is CC(C)NCc1coc(OCc2cccs2)n1. The lowest BCUT2D eigenvalue weighted by Crippen LogP contribution is -2.21. The standard InChI is InChI=1S/C12H16N2O2S/c1-9(2)13-6-10-7-15-12(14-10)16-8-11-4-3-5-17-11/h3-5,7,9,13H,6,8H2,1-2H3. The van der Waals surface area contributed by atoms with Crippen LogP contribution in [0.4, 0.5) is 0 Å². The monoisotopic (exact) mass is 252 g/mol. The first kappa shape index (κ1) is 12.1. The summed E-state index contributed by atoms with van der Waals surface area (Å²) < 4.78 is 10.7. The van der Waals surface area contributed by atoms with Gasteiger partial charge >= 0.3 is 6.08 Å². The molecule has 5 heteroatoms. The van der Waals surface area contributed by atoms with E-state index in [9.17, 15) is 0 Å². The van der Waals surface area contributed by atoms with Crippen LogP contribution in [0.25, 0.3) is 0 Å². The van der Waals surface area contributed by atoms with Gasteiger partial charge in [0.2, 0.25) is 0 Å². The van der Waals surface area contributed by atoms with E-state index in [-0.39, 0.29) is 0 Å². The number of nitrogens with zero attached hydrogens (tertiary/aromatic N) is 1. The molecule has 4 nitrogen and oxygen atoms in total. The number of hydrogen-bond donors (Lipinski definition) is 1. The van der Waals surface area contributed by atoms with E-state index in [1.165, 1.54) is 0 Å². The van der Waals surface area contributed by atoms with Crippen molar-refractivity contribution in [2.24, 2.45) is 0 Å². The molecule has 0 unspecified atom stereocenters. The zero-order chi connectivity index (χ0) is 12.1. The smallest absolute Gasteiger partial charge is 0.394 e. The Morgan fingerprint density at radius 3 is 3.12 bits per heavy atom. The number of nitrogens with one attached hydrogen (secondary N) is 1. The molecule has 2 aromatic heterocycles. The van der Waals surface area contributed by atoms with E-state index in [1.807, 2.05) is 17.5 Å². The van der Waals surface area contributed by atoms with E-state index in [0.717, 1.165) is 10.6 Å². The van der Waals surface area contributed by atoms with Gasteiger partial charge in [0.25, 0.3) is 0 Å². The molecule has 0 bridgehead atoms. The number of ether oxygens (including phenoxy) is 1. The van der Waals surface area contributed by atoms with E-state index < -0.39 is 0 Å². The maximum absolute atomic E-state index is 5.44. The summed E-state index contributed by atoms with van der Waals surface area (Å²) in [6.45, 7) is 5.39. The second kappa shape index (κ2) is 5.84. The Morgan fingerprint density at radius 2 is 2.41 bits per heavy atom. The van der Waals surface area contributed by atoms with E-state index in [2.05, 4.69) is 24.1 Å². The summed E-state index contributed by atoms with van der Waals surface area (Å²) in [5.41, 5.74) is 0.861. The Bertz CT molecular complexity index is 437. The molecule has 2 aromatic rings. The second-order valence-corrected chi connectivity index (χ2v) is 5.04. The molecule has 0 fully saturated rings. The summed E-state index contributed by atoms with van der Waals surface area (Å²) in [4.78, 5) is 5.39. The third kappa shape index (κ3) is 3.87. The highest BCUT2D eigenvalue weighted by Gasteiger charge is 2.06. The Hall–Kier alpha value is -1.33. The summed E-state index contributed by atoms with van der Waals surface area (Å²) >= 11 is 1.66. The zero-order valence-electron chi connectivity index (χ0n) is 9.97. The van der Waals surface area contributed by atoms with Crippen LogP contribution in [0.1, 0.15) is 24.4 Å². The molecule has 0 amide bonds. The van der Waals surface area contributed by atoms with Crippen molar-refractivity contribution < 1.29 is 9.15 Å². The van der Waals surface area contributed by atoms with Crippen LogP contribution >= 0.6 is 11.3 Å². The Kier molecular flexibility index (Phi) is 4.17.